The number of hydrogen-bond acceptors (Lipinski definition) is 3. The first-order chi connectivity index (χ1) is 14.6. The average Bonchev–Trinajstić information content (AvgIpc) is 3.39. The monoisotopic (exact) mass is 402 g/mol. The van der Waals surface area contributed by atoms with Crippen molar-refractivity contribution in [3.05, 3.63) is 59.3 Å². The second-order valence-electron chi connectivity index (χ2n) is 8.84. The van der Waals surface area contributed by atoms with E-state index in [1.54, 1.807) is 0 Å². The van der Waals surface area contributed by atoms with Crippen molar-refractivity contribution in [1.82, 2.24) is 15.2 Å². The van der Waals surface area contributed by atoms with E-state index < -0.39 is 0 Å². The molecule has 5 heteroatoms. The number of aromatic nitrogens is 1. The van der Waals surface area contributed by atoms with Crippen LogP contribution in [-0.2, 0) is 0 Å². The molecule has 0 aliphatic carbocycles. The van der Waals surface area contributed by atoms with Gasteiger partial charge in [-0.2, -0.15) is 0 Å². The summed E-state index contributed by atoms with van der Waals surface area (Å²) in [5.74, 6) is 0.127. The normalized spacial score (nSPS) is 20.8. The third kappa shape index (κ3) is 3.42. The molecule has 2 aliphatic rings. The van der Waals surface area contributed by atoms with E-state index >= 15 is 0 Å². The van der Waals surface area contributed by atoms with Crippen LogP contribution in [0.5, 0.6) is 0 Å². The summed E-state index contributed by atoms with van der Waals surface area (Å²) in [5.41, 5.74) is 12.1. The third-order valence-corrected chi connectivity index (χ3v) is 6.99. The number of primary amides is 1. The lowest BCUT2D eigenvalue weighted by atomic mass is 9.88. The maximum absolute atomic E-state index is 12.3. The minimum atomic E-state index is -0.382. The zero-order chi connectivity index (χ0) is 20.7. The summed E-state index contributed by atoms with van der Waals surface area (Å²) in [6.07, 6.45) is 6.76. The van der Waals surface area contributed by atoms with Gasteiger partial charge in [0.05, 0.1) is 11.1 Å². The quantitative estimate of drug-likeness (QED) is 0.613. The van der Waals surface area contributed by atoms with Crippen molar-refractivity contribution in [2.75, 3.05) is 26.7 Å². The molecule has 30 heavy (non-hydrogen) atoms. The van der Waals surface area contributed by atoms with Gasteiger partial charge < -0.3 is 16.0 Å². The molecular formula is C25H30N4O. The van der Waals surface area contributed by atoms with Crippen LogP contribution in [0, 0.1) is 0 Å². The first-order valence-electron chi connectivity index (χ1n) is 11.1. The smallest absolute Gasteiger partial charge is 0.250 e. The number of H-pyrrole nitrogens is 1. The van der Waals surface area contributed by atoms with Crippen molar-refractivity contribution in [2.24, 2.45) is 5.73 Å². The number of fused-ring (bicyclic) bond motifs is 1. The van der Waals surface area contributed by atoms with E-state index in [1.807, 2.05) is 6.07 Å². The van der Waals surface area contributed by atoms with Crippen LogP contribution in [-0.4, -0.2) is 42.5 Å². The fourth-order valence-corrected chi connectivity index (χ4v) is 5.34. The third-order valence-electron chi connectivity index (χ3n) is 6.99. The predicted octanol–water partition coefficient (Wildman–Crippen LogP) is 4.17. The largest absolute Gasteiger partial charge is 0.366 e. The summed E-state index contributed by atoms with van der Waals surface area (Å²) in [4.78, 5) is 18.1. The van der Waals surface area contributed by atoms with Crippen LogP contribution < -0.4 is 11.1 Å². The van der Waals surface area contributed by atoms with Crippen LogP contribution in [0.3, 0.4) is 0 Å². The van der Waals surface area contributed by atoms with Crippen molar-refractivity contribution in [1.29, 1.82) is 0 Å². The highest BCUT2D eigenvalue weighted by molar-refractivity contribution is 6.07. The van der Waals surface area contributed by atoms with Gasteiger partial charge in [-0.3, -0.25) is 9.69 Å². The predicted molar refractivity (Wildman–Crippen MR) is 122 cm³/mol. The number of benzene rings is 2. The zero-order valence-corrected chi connectivity index (χ0v) is 17.6. The molecule has 2 aromatic carbocycles. The van der Waals surface area contributed by atoms with E-state index in [-0.39, 0.29) is 5.91 Å². The Morgan fingerprint density at radius 1 is 1.10 bits per heavy atom. The van der Waals surface area contributed by atoms with E-state index in [0.29, 0.717) is 17.5 Å². The minimum Gasteiger partial charge on any atom is -0.366 e. The second kappa shape index (κ2) is 7.89. The highest BCUT2D eigenvalue weighted by atomic mass is 16.1. The minimum absolute atomic E-state index is 0.382. The summed E-state index contributed by atoms with van der Waals surface area (Å²) in [5, 5.41) is 4.58. The van der Waals surface area contributed by atoms with Crippen molar-refractivity contribution in [2.45, 2.75) is 37.6 Å². The summed E-state index contributed by atoms with van der Waals surface area (Å²) in [6, 6.07) is 13.5. The molecule has 1 aromatic heterocycles. The van der Waals surface area contributed by atoms with Gasteiger partial charge in [-0.15, -0.1) is 0 Å². The Kier molecular flexibility index (Phi) is 5.09. The van der Waals surface area contributed by atoms with E-state index in [2.05, 4.69) is 58.8 Å². The lowest BCUT2D eigenvalue weighted by Gasteiger charge is -2.22. The molecule has 0 radical (unpaired) electrons. The standard InChI is InChI=1S/C25H30N4O/c1-29-11-3-6-23(29)18-5-2-4-17(12-18)19-13-20-22(16-7-9-27-10-8-16)15-28-24(20)21(14-19)25(26)30/h2,4-5,12-16,23,27-28H,3,6-11H2,1H3,(H2,26,30). The van der Waals surface area contributed by atoms with E-state index in [9.17, 15) is 4.79 Å². The van der Waals surface area contributed by atoms with Crippen LogP contribution in [0.1, 0.15) is 59.1 Å². The molecule has 156 valence electrons. The van der Waals surface area contributed by atoms with Crippen molar-refractivity contribution in [3.63, 3.8) is 0 Å². The molecule has 5 nitrogen and oxygen atoms in total. The van der Waals surface area contributed by atoms with Crippen molar-refractivity contribution >= 4 is 16.8 Å². The molecular weight excluding hydrogens is 372 g/mol. The van der Waals surface area contributed by atoms with Gasteiger partial charge in [-0.25, -0.2) is 0 Å². The highest BCUT2D eigenvalue weighted by Gasteiger charge is 2.24. The van der Waals surface area contributed by atoms with Crippen LogP contribution in [0.2, 0.25) is 0 Å². The lowest BCUT2D eigenvalue weighted by molar-refractivity contribution is 0.100. The first-order valence-corrected chi connectivity index (χ1v) is 11.1. The van der Waals surface area contributed by atoms with Gasteiger partial charge in [-0.05, 0) is 98.7 Å². The van der Waals surface area contributed by atoms with Gasteiger partial charge in [0.2, 0.25) is 0 Å². The number of carbonyl (C=O) groups is 1. The van der Waals surface area contributed by atoms with E-state index in [1.165, 1.54) is 24.0 Å². The van der Waals surface area contributed by atoms with Gasteiger partial charge in [-0.1, -0.05) is 18.2 Å². The number of amides is 1. The van der Waals surface area contributed by atoms with Gasteiger partial charge >= 0.3 is 0 Å². The fourth-order valence-electron chi connectivity index (χ4n) is 5.34. The van der Waals surface area contributed by atoms with Gasteiger partial charge in [0.25, 0.3) is 5.91 Å². The SMILES string of the molecule is CN1CCCC1c1cccc(-c2cc(C(N)=O)c3[nH]cc(C4CCNCC4)c3c2)c1. The first kappa shape index (κ1) is 19.3. The Morgan fingerprint density at radius 3 is 2.67 bits per heavy atom. The topological polar surface area (TPSA) is 74.1 Å². The number of nitrogens with one attached hydrogen (secondary N) is 2. The van der Waals surface area contributed by atoms with Crippen LogP contribution in [0.15, 0.2) is 42.6 Å². The number of aromatic amines is 1. The maximum atomic E-state index is 12.3. The molecule has 3 heterocycles. The molecule has 4 N–H and O–H groups in total. The fraction of sp³-hybridized carbons (Fsp3) is 0.400. The van der Waals surface area contributed by atoms with Gasteiger partial charge in [0.15, 0.2) is 0 Å². The number of nitrogens with two attached hydrogens (primary N) is 1. The van der Waals surface area contributed by atoms with Crippen LogP contribution in [0.4, 0.5) is 0 Å². The molecule has 0 bridgehead atoms. The molecule has 3 aromatic rings. The molecule has 0 saturated carbocycles. The summed E-state index contributed by atoms with van der Waals surface area (Å²) in [6.45, 7) is 3.23. The Balaban J connectivity index is 1.61. The van der Waals surface area contributed by atoms with Crippen molar-refractivity contribution < 1.29 is 4.79 Å². The Bertz CT molecular complexity index is 1080. The number of carbonyl (C=O) groups excluding carboxylic acids is 1. The number of likely N-dealkylation sites (tertiary alicyclic amines) is 1. The highest BCUT2D eigenvalue weighted by Crippen LogP contribution is 2.37. The van der Waals surface area contributed by atoms with E-state index in [0.717, 1.165) is 54.5 Å². The number of piperidine rings is 1. The van der Waals surface area contributed by atoms with Gasteiger partial charge in [0.1, 0.15) is 0 Å². The molecule has 2 aliphatic heterocycles. The lowest BCUT2D eigenvalue weighted by Crippen LogP contribution is -2.26. The average molecular weight is 403 g/mol. The number of rotatable bonds is 4. The van der Waals surface area contributed by atoms with Crippen molar-refractivity contribution in [3.8, 4) is 11.1 Å². The number of hydrogen-bond donors (Lipinski definition) is 3. The van der Waals surface area contributed by atoms with E-state index in [4.69, 9.17) is 5.73 Å². The summed E-state index contributed by atoms with van der Waals surface area (Å²) < 4.78 is 0. The zero-order valence-electron chi connectivity index (χ0n) is 17.6. The Labute approximate surface area is 177 Å². The molecule has 1 atom stereocenters. The van der Waals surface area contributed by atoms with Crippen LogP contribution in [0.25, 0.3) is 22.0 Å². The molecule has 1 amide bonds. The molecule has 5 rings (SSSR count). The molecule has 0 spiro atoms. The maximum Gasteiger partial charge on any atom is 0.250 e. The summed E-state index contributed by atoms with van der Waals surface area (Å²) >= 11 is 0. The second-order valence-corrected chi connectivity index (χ2v) is 8.84. The Morgan fingerprint density at radius 2 is 1.93 bits per heavy atom. The molecule has 2 fully saturated rings. The Hall–Kier alpha value is -2.63. The van der Waals surface area contributed by atoms with Gasteiger partial charge in [0, 0.05) is 17.6 Å². The van der Waals surface area contributed by atoms with Crippen LogP contribution >= 0.6 is 0 Å². The molecule has 2 saturated heterocycles. The number of nitrogens with zero attached hydrogens (tertiary/aromatic N) is 1. The molecule has 1 unspecified atom stereocenters. The summed E-state index contributed by atoms with van der Waals surface area (Å²) in [7, 11) is 2.20.